The molecule has 0 unspecified atom stereocenters. The van der Waals surface area contributed by atoms with Crippen LogP contribution >= 0.6 is 23.1 Å². The van der Waals surface area contributed by atoms with Gasteiger partial charge in [0.05, 0.1) is 17.9 Å². The molecule has 0 aliphatic carbocycles. The molecule has 2 N–H and O–H groups in total. The Labute approximate surface area is 108 Å². The highest BCUT2D eigenvalue weighted by molar-refractivity contribution is 8.01. The van der Waals surface area contributed by atoms with E-state index in [1.165, 1.54) is 23.1 Å². The average molecular weight is 274 g/mol. The molecule has 0 fully saturated rings. The Morgan fingerprint density at radius 1 is 1.59 bits per heavy atom. The van der Waals surface area contributed by atoms with E-state index in [1.54, 1.807) is 5.38 Å². The number of carboxylic acid groups (broad SMARTS) is 1. The van der Waals surface area contributed by atoms with E-state index in [0.717, 1.165) is 4.34 Å². The third-order valence-corrected chi connectivity index (χ3v) is 3.71. The number of carboxylic acids is 1. The van der Waals surface area contributed by atoms with Gasteiger partial charge in [-0.25, -0.2) is 4.98 Å². The predicted molar refractivity (Wildman–Crippen MR) is 67.5 cm³/mol. The molecule has 0 radical (unpaired) electrons. The minimum absolute atomic E-state index is 0.0417. The summed E-state index contributed by atoms with van der Waals surface area (Å²) < 4.78 is 0.722. The zero-order valence-corrected chi connectivity index (χ0v) is 11.2. The van der Waals surface area contributed by atoms with Crippen molar-refractivity contribution in [3.8, 4) is 0 Å². The normalized spacial score (nSPS) is 10.5. The van der Waals surface area contributed by atoms with Gasteiger partial charge in [0.1, 0.15) is 0 Å². The van der Waals surface area contributed by atoms with E-state index in [-0.39, 0.29) is 18.4 Å². The summed E-state index contributed by atoms with van der Waals surface area (Å²) >= 11 is 2.68. The fourth-order valence-electron chi connectivity index (χ4n) is 1.08. The molecule has 17 heavy (non-hydrogen) atoms. The lowest BCUT2D eigenvalue weighted by Crippen LogP contribution is -2.31. The molecule has 1 rings (SSSR count). The Morgan fingerprint density at radius 3 is 2.88 bits per heavy atom. The van der Waals surface area contributed by atoms with Crippen LogP contribution in [0.2, 0.25) is 0 Å². The van der Waals surface area contributed by atoms with Crippen molar-refractivity contribution in [3.63, 3.8) is 0 Å². The number of aromatic nitrogens is 1. The fraction of sp³-hybridized carbons (Fsp3) is 0.500. The number of aliphatic carboxylic acids is 1. The molecule has 0 saturated heterocycles. The summed E-state index contributed by atoms with van der Waals surface area (Å²) in [7, 11) is 0. The Kier molecular flexibility index (Phi) is 5.43. The van der Waals surface area contributed by atoms with Gasteiger partial charge in [-0.1, -0.05) is 11.8 Å². The van der Waals surface area contributed by atoms with Crippen LogP contribution in [0.25, 0.3) is 0 Å². The van der Waals surface area contributed by atoms with Gasteiger partial charge in [0.2, 0.25) is 5.91 Å². The number of amides is 1. The Balaban J connectivity index is 2.39. The maximum Gasteiger partial charge on any atom is 0.309 e. The van der Waals surface area contributed by atoms with Crippen molar-refractivity contribution < 1.29 is 14.7 Å². The SMILES string of the molecule is CC(C)NC(=O)CSc1nc(CC(=O)O)cs1. The standard InChI is InChI=1S/C10H14N2O3S2/c1-6(2)11-8(13)5-17-10-12-7(4-16-10)3-9(14)15/h4,6H,3,5H2,1-2H3,(H,11,13)(H,14,15). The second-order valence-corrected chi connectivity index (χ2v) is 5.77. The number of thioether (sulfide) groups is 1. The Hall–Kier alpha value is -1.08. The third-order valence-electron chi connectivity index (χ3n) is 1.64. The van der Waals surface area contributed by atoms with E-state index in [9.17, 15) is 9.59 Å². The van der Waals surface area contributed by atoms with E-state index in [4.69, 9.17) is 5.11 Å². The molecule has 0 bridgehead atoms. The maximum absolute atomic E-state index is 11.4. The molecular formula is C10H14N2O3S2. The smallest absolute Gasteiger partial charge is 0.309 e. The number of carbonyl (C=O) groups excluding carboxylic acids is 1. The largest absolute Gasteiger partial charge is 0.481 e. The zero-order valence-electron chi connectivity index (χ0n) is 9.60. The van der Waals surface area contributed by atoms with E-state index >= 15 is 0 Å². The van der Waals surface area contributed by atoms with Crippen molar-refractivity contribution in [3.05, 3.63) is 11.1 Å². The first-order chi connectivity index (χ1) is 7.97. The van der Waals surface area contributed by atoms with Gasteiger partial charge in [-0.3, -0.25) is 9.59 Å². The topological polar surface area (TPSA) is 79.3 Å². The van der Waals surface area contributed by atoms with Crippen molar-refractivity contribution in [1.29, 1.82) is 0 Å². The molecule has 1 amide bonds. The van der Waals surface area contributed by atoms with Crippen LogP contribution in [0.15, 0.2) is 9.72 Å². The molecule has 5 nitrogen and oxygen atoms in total. The molecule has 7 heteroatoms. The highest BCUT2D eigenvalue weighted by Crippen LogP contribution is 2.22. The zero-order chi connectivity index (χ0) is 12.8. The lowest BCUT2D eigenvalue weighted by Gasteiger charge is -2.06. The minimum Gasteiger partial charge on any atom is -0.481 e. The first kappa shape index (κ1) is 14.0. The third kappa shape index (κ3) is 5.69. The Bertz CT molecular complexity index is 404. The number of hydrogen-bond acceptors (Lipinski definition) is 5. The molecule has 0 saturated carbocycles. The summed E-state index contributed by atoms with van der Waals surface area (Å²) in [5.74, 6) is -0.637. The number of hydrogen-bond donors (Lipinski definition) is 2. The molecule has 1 heterocycles. The minimum atomic E-state index is -0.899. The van der Waals surface area contributed by atoms with E-state index in [1.807, 2.05) is 13.8 Å². The molecule has 94 valence electrons. The molecule has 0 aromatic carbocycles. The first-order valence-electron chi connectivity index (χ1n) is 5.05. The first-order valence-corrected chi connectivity index (χ1v) is 6.92. The Morgan fingerprint density at radius 2 is 2.29 bits per heavy atom. The van der Waals surface area contributed by atoms with Gasteiger partial charge in [0, 0.05) is 11.4 Å². The molecular weight excluding hydrogens is 260 g/mol. The van der Waals surface area contributed by atoms with Crippen LogP contribution in [-0.4, -0.2) is 33.8 Å². The van der Waals surface area contributed by atoms with Gasteiger partial charge >= 0.3 is 5.97 Å². The molecule has 0 aliphatic rings. The van der Waals surface area contributed by atoms with E-state index in [0.29, 0.717) is 11.4 Å². The molecule has 1 aromatic heterocycles. The van der Waals surface area contributed by atoms with Gasteiger partial charge in [-0.05, 0) is 13.8 Å². The maximum atomic E-state index is 11.4. The van der Waals surface area contributed by atoms with Crippen LogP contribution in [0.3, 0.4) is 0 Å². The summed E-state index contributed by atoms with van der Waals surface area (Å²) in [6, 6.07) is 0.127. The summed E-state index contributed by atoms with van der Waals surface area (Å²) in [5.41, 5.74) is 0.536. The lowest BCUT2D eigenvalue weighted by atomic mass is 10.3. The number of nitrogens with one attached hydrogen (secondary N) is 1. The van der Waals surface area contributed by atoms with Crippen molar-refractivity contribution in [2.24, 2.45) is 0 Å². The molecule has 0 spiro atoms. The van der Waals surface area contributed by atoms with Gasteiger partial charge < -0.3 is 10.4 Å². The van der Waals surface area contributed by atoms with E-state index < -0.39 is 5.97 Å². The predicted octanol–water partition coefficient (Wildman–Crippen LogP) is 1.39. The summed E-state index contributed by atoms with van der Waals surface area (Å²) in [4.78, 5) is 25.9. The molecule has 1 aromatic rings. The summed E-state index contributed by atoms with van der Waals surface area (Å²) in [6.07, 6.45) is -0.0742. The van der Waals surface area contributed by atoms with Crippen molar-refractivity contribution in [2.75, 3.05) is 5.75 Å². The van der Waals surface area contributed by atoms with Crippen LogP contribution in [0.4, 0.5) is 0 Å². The quantitative estimate of drug-likeness (QED) is 0.766. The molecule has 0 aliphatic heterocycles. The van der Waals surface area contributed by atoms with Gasteiger partial charge in [-0.2, -0.15) is 0 Å². The van der Waals surface area contributed by atoms with Crippen molar-refractivity contribution in [1.82, 2.24) is 10.3 Å². The second kappa shape index (κ2) is 6.61. The van der Waals surface area contributed by atoms with Gasteiger partial charge in [0.15, 0.2) is 4.34 Å². The average Bonchev–Trinajstić information content (AvgIpc) is 2.60. The summed E-state index contributed by atoms with van der Waals surface area (Å²) in [5, 5.41) is 13.1. The molecule has 0 atom stereocenters. The number of nitrogens with zero attached hydrogens (tertiary/aromatic N) is 1. The van der Waals surface area contributed by atoms with Crippen LogP contribution in [-0.2, 0) is 16.0 Å². The highest BCUT2D eigenvalue weighted by atomic mass is 32.2. The summed E-state index contributed by atoms with van der Waals surface area (Å²) in [6.45, 7) is 3.80. The van der Waals surface area contributed by atoms with E-state index in [2.05, 4.69) is 10.3 Å². The second-order valence-electron chi connectivity index (χ2n) is 3.69. The number of rotatable bonds is 6. The van der Waals surface area contributed by atoms with Gasteiger partial charge in [-0.15, -0.1) is 11.3 Å². The van der Waals surface area contributed by atoms with Crippen LogP contribution in [0.1, 0.15) is 19.5 Å². The van der Waals surface area contributed by atoms with Crippen LogP contribution < -0.4 is 5.32 Å². The number of thiazole rings is 1. The van der Waals surface area contributed by atoms with Gasteiger partial charge in [0.25, 0.3) is 0 Å². The van der Waals surface area contributed by atoms with Crippen LogP contribution in [0, 0.1) is 0 Å². The van der Waals surface area contributed by atoms with Crippen molar-refractivity contribution >= 4 is 35.0 Å². The fourth-order valence-corrected chi connectivity index (χ4v) is 2.74. The highest BCUT2D eigenvalue weighted by Gasteiger charge is 2.09. The number of carbonyl (C=O) groups is 2. The monoisotopic (exact) mass is 274 g/mol. The van der Waals surface area contributed by atoms with Crippen LogP contribution in [0.5, 0.6) is 0 Å². The lowest BCUT2D eigenvalue weighted by molar-refractivity contribution is -0.136. The van der Waals surface area contributed by atoms with Crippen molar-refractivity contribution in [2.45, 2.75) is 30.6 Å².